The number of rotatable bonds is 7. The molecule has 0 aromatic carbocycles. The van der Waals surface area contributed by atoms with Crippen molar-refractivity contribution in [2.75, 3.05) is 66.0 Å². The number of piperazine rings is 1. The second kappa shape index (κ2) is 10.2. The summed E-state index contributed by atoms with van der Waals surface area (Å²) in [6.07, 6.45) is 3.31. The summed E-state index contributed by atoms with van der Waals surface area (Å²) in [5.74, 6) is 1.38. The zero-order valence-corrected chi connectivity index (χ0v) is 19.3. The van der Waals surface area contributed by atoms with Crippen LogP contribution in [0, 0.1) is 5.82 Å². The summed E-state index contributed by atoms with van der Waals surface area (Å²) in [5.41, 5.74) is 0.673. The Morgan fingerprint density at radius 2 is 1.97 bits per heavy atom. The van der Waals surface area contributed by atoms with Gasteiger partial charge in [-0.25, -0.2) is 14.4 Å². The first kappa shape index (κ1) is 23.0. The molecule has 0 bridgehead atoms. The Bertz CT molecular complexity index is 967. The van der Waals surface area contributed by atoms with E-state index in [-0.39, 0.29) is 23.9 Å². The normalized spacial score (nSPS) is 18.7. The second-order valence-electron chi connectivity index (χ2n) is 8.59. The molecule has 2 fully saturated rings. The quantitative estimate of drug-likeness (QED) is 0.639. The second-order valence-corrected chi connectivity index (χ2v) is 8.59. The van der Waals surface area contributed by atoms with Gasteiger partial charge >= 0.3 is 0 Å². The van der Waals surface area contributed by atoms with Crippen molar-refractivity contribution in [2.24, 2.45) is 0 Å². The van der Waals surface area contributed by atoms with Crippen LogP contribution in [0.25, 0.3) is 0 Å². The fraction of sp³-hybridized carbons (Fsp3) is 0.545. The van der Waals surface area contributed by atoms with Crippen LogP contribution in [0.2, 0.25) is 0 Å². The van der Waals surface area contributed by atoms with Gasteiger partial charge in [-0.05, 0) is 19.9 Å². The average Bonchev–Trinajstić information content (AvgIpc) is 3.27. The molecule has 2 aliphatic rings. The molecule has 1 atom stereocenters. The van der Waals surface area contributed by atoms with Crippen molar-refractivity contribution < 1.29 is 13.9 Å². The van der Waals surface area contributed by atoms with E-state index in [1.165, 1.54) is 13.0 Å². The van der Waals surface area contributed by atoms with Crippen LogP contribution in [-0.2, 0) is 9.53 Å². The maximum atomic E-state index is 15.0. The number of hydrogen-bond donors (Lipinski definition) is 2. The third-order valence-corrected chi connectivity index (χ3v) is 5.60. The molecule has 33 heavy (non-hydrogen) atoms. The number of anilines is 4. The summed E-state index contributed by atoms with van der Waals surface area (Å²) in [6, 6.07) is 3.66. The molecule has 0 aliphatic carbocycles. The highest BCUT2D eigenvalue weighted by atomic mass is 19.1. The zero-order chi connectivity index (χ0) is 23.4. The summed E-state index contributed by atoms with van der Waals surface area (Å²) in [5, 5.41) is 5.97. The lowest BCUT2D eigenvalue weighted by Crippen LogP contribution is -2.47. The van der Waals surface area contributed by atoms with Gasteiger partial charge in [0.25, 0.3) is 0 Å². The van der Waals surface area contributed by atoms with Crippen molar-refractivity contribution in [1.29, 1.82) is 0 Å². The van der Waals surface area contributed by atoms with Crippen molar-refractivity contribution in [3.05, 3.63) is 30.3 Å². The summed E-state index contributed by atoms with van der Waals surface area (Å²) in [7, 11) is 0. The number of halogens is 1. The van der Waals surface area contributed by atoms with E-state index in [1.807, 2.05) is 29.7 Å². The highest BCUT2D eigenvalue weighted by molar-refractivity contribution is 5.72. The lowest BCUT2D eigenvalue weighted by atomic mass is 10.2. The number of aromatic nitrogens is 3. The molecule has 4 heterocycles. The van der Waals surface area contributed by atoms with Crippen molar-refractivity contribution in [2.45, 2.75) is 32.9 Å². The number of carbonyl (C=O) groups is 1. The van der Waals surface area contributed by atoms with Gasteiger partial charge in [0, 0.05) is 64.5 Å². The van der Waals surface area contributed by atoms with Crippen LogP contribution in [-0.4, -0.2) is 79.0 Å². The SMILES string of the molecule is CC(=O)NCC1CN(c2cnc(N3CCN(c4ccnc(NC(C)C)n4)CC3)c(F)c2)CO1. The van der Waals surface area contributed by atoms with Crippen LogP contribution in [0.4, 0.5) is 27.7 Å². The van der Waals surface area contributed by atoms with Crippen molar-refractivity contribution in [3.63, 3.8) is 0 Å². The third-order valence-electron chi connectivity index (χ3n) is 5.60. The van der Waals surface area contributed by atoms with Crippen LogP contribution in [0.3, 0.4) is 0 Å². The molecule has 11 heteroatoms. The molecule has 0 saturated carbocycles. The summed E-state index contributed by atoms with van der Waals surface area (Å²) >= 11 is 0. The van der Waals surface area contributed by atoms with Gasteiger partial charge in [0.05, 0.1) is 18.0 Å². The maximum absolute atomic E-state index is 15.0. The van der Waals surface area contributed by atoms with Gasteiger partial charge in [-0.3, -0.25) is 4.79 Å². The minimum absolute atomic E-state index is 0.0958. The van der Waals surface area contributed by atoms with E-state index in [9.17, 15) is 9.18 Å². The fourth-order valence-electron chi connectivity index (χ4n) is 3.93. The number of carbonyl (C=O) groups excluding carboxylic acids is 1. The van der Waals surface area contributed by atoms with E-state index in [4.69, 9.17) is 4.74 Å². The lowest BCUT2D eigenvalue weighted by molar-refractivity contribution is -0.119. The minimum atomic E-state index is -0.350. The highest BCUT2D eigenvalue weighted by Gasteiger charge is 2.26. The predicted octanol–water partition coefficient (Wildman–Crippen LogP) is 1.46. The van der Waals surface area contributed by atoms with Crippen LogP contribution >= 0.6 is 0 Å². The number of hydrogen-bond acceptors (Lipinski definition) is 9. The molecule has 2 aromatic heterocycles. The molecule has 4 rings (SSSR count). The number of ether oxygens (including phenoxy) is 1. The molecule has 2 N–H and O–H groups in total. The Labute approximate surface area is 193 Å². The van der Waals surface area contributed by atoms with Gasteiger partial charge in [-0.1, -0.05) is 0 Å². The first-order chi connectivity index (χ1) is 15.9. The smallest absolute Gasteiger partial charge is 0.224 e. The van der Waals surface area contributed by atoms with Crippen molar-refractivity contribution in [1.82, 2.24) is 20.3 Å². The Morgan fingerprint density at radius 3 is 2.67 bits per heavy atom. The van der Waals surface area contributed by atoms with E-state index < -0.39 is 0 Å². The lowest BCUT2D eigenvalue weighted by Gasteiger charge is -2.36. The van der Waals surface area contributed by atoms with E-state index in [2.05, 4.69) is 30.5 Å². The molecule has 1 amide bonds. The predicted molar refractivity (Wildman–Crippen MR) is 125 cm³/mol. The van der Waals surface area contributed by atoms with Crippen molar-refractivity contribution in [3.8, 4) is 0 Å². The summed E-state index contributed by atoms with van der Waals surface area (Å²) in [6.45, 7) is 9.63. The summed E-state index contributed by atoms with van der Waals surface area (Å²) in [4.78, 5) is 30.4. The largest absolute Gasteiger partial charge is 0.354 e. The molecule has 2 aliphatic heterocycles. The van der Waals surface area contributed by atoms with Gasteiger partial charge in [-0.15, -0.1) is 0 Å². The monoisotopic (exact) mass is 458 g/mol. The van der Waals surface area contributed by atoms with Gasteiger partial charge in [0.2, 0.25) is 11.9 Å². The topological polar surface area (TPSA) is 98.8 Å². The molecular weight excluding hydrogens is 427 g/mol. The van der Waals surface area contributed by atoms with Crippen molar-refractivity contribution >= 4 is 29.2 Å². The molecule has 178 valence electrons. The highest BCUT2D eigenvalue weighted by Crippen LogP contribution is 2.26. The first-order valence-corrected chi connectivity index (χ1v) is 11.2. The minimum Gasteiger partial charge on any atom is -0.354 e. The standard InChI is InChI=1S/C22H31FN8O2/c1-15(2)27-22-24-5-4-20(28-22)29-6-8-30(9-7-29)21-19(23)10-17(11-26-21)31-13-18(33-14-31)12-25-16(3)32/h4-5,10-11,15,18H,6-9,12-14H2,1-3H3,(H,25,32)(H,24,27,28). The molecule has 2 saturated heterocycles. The van der Waals surface area contributed by atoms with Gasteiger partial charge in [-0.2, -0.15) is 4.98 Å². The Hall–Kier alpha value is -3.21. The van der Waals surface area contributed by atoms with Gasteiger partial charge < -0.3 is 30.1 Å². The molecule has 0 radical (unpaired) electrons. The van der Waals surface area contributed by atoms with Gasteiger partial charge in [0.15, 0.2) is 11.6 Å². The molecule has 0 spiro atoms. The van der Waals surface area contributed by atoms with Crippen LogP contribution in [0.15, 0.2) is 24.5 Å². The summed E-state index contributed by atoms with van der Waals surface area (Å²) < 4.78 is 20.6. The maximum Gasteiger partial charge on any atom is 0.224 e. The Morgan fingerprint density at radius 1 is 1.21 bits per heavy atom. The first-order valence-electron chi connectivity index (χ1n) is 11.2. The Kier molecular flexibility index (Phi) is 7.07. The Balaban J connectivity index is 1.34. The zero-order valence-electron chi connectivity index (χ0n) is 19.3. The van der Waals surface area contributed by atoms with E-state index in [0.29, 0.717) is 63.5 Å². The molecule has 10 nitrogen and oxygen atoms in total. The molecule has 2 aromatic rings. The van der Waals surface area contributed by atoms with E-state index in [0.717, 1.165) is 5.82 Å². The van der Waals surface area contributed by atoms with Crippen LogP contribution in [0.1, 0.15) is 20.8 Å². The van der Waals surface area contributed by atoms with Crippen LogP contribution < -0.4 is 25.3 Å². The number of pyridine rings is 1. The molecular formula is C22H31FN8O2. The number of amides is 1. The third kappa shape index (κ3) is 5.78. The van der Waals surface area contributed by atoms with Gasteiger partial charge in [0.1, 0.15) is 12.5 Å². The van der Waals surface area contributed by atoms with Crippen LogP contribution in [0.5, 0.6) is 0 Å². The fourth-order valence-corrected chi connectivity index (χ4v) is 3.93. The van der Waals surface area contributed by atoms with E-state index >= 15 is 0 Å². The number of nitrogens with one attached hydrogen (secondary N) is 2. The molecule has 1 unspecified atom stereocenters. The average molecular weight is 459 g/mol. The van der Waals surface area contributed by atoms with E-state index in [1.54, 1.807) is 12.4 Å². The number of nitrogens with zero attached hydrogens (tertiary/aromatic N) is 6.